The summed E-state index contributed by atoms with van der Waals surface area (Å²) in [5.74, 6) is -0.679. The Labute approximate surface area is 176 Å². The average molecular weight is 440 g/mol. The van der Waals surface area contributed by atoms with Gasteiger partial charge in [0, 0.05) is 13.1 Å². The van der Waals surface area contributed by atoms with Gasteiger partial charge in [0.25, 0.3) is 5.78 Å². The highest BCUT2D eigenvalue weighted by Gasteiger charge is 2.23. The van der Waals surface area contributed by atoms with Crippen LogP contribution in [0, 0.1) is 0 Å². The Bertz CT molecular complexity index is 887. The number of rotatable bonds is 11. The number of hydrogen-bond acceptors (Lipinski definition) is 12. The molecule has 0 atom stereocenters. The lowest BCUT2D eigenvalue weighted by Gasteiger charge is -2.19. The van der Waals surface area contributed by atoms with Gasteiger partial charge in [0.15, 0.2) is 5.16 Å². The summed E-state index contributed by atoms with van der Waals surface area (Å²) in [7, 11) is 2.40. The molecular weight excluding hydrogens is 416 g/mol. The van der Waals surface area contributed by atoms with Crippen LogP contribution in [0.25, 0.3) is 5.78 Å². The van der Waals surface area contributed by atoms with Gasteiger partial charge in [-0.2, -0.15) is 9.97 Å². The molecule has 0 aliphatic rings. The lowest BCUT2D eigenvalue weighted by Crippen LogP contribution is -2.41. The summed E-state index contributed by atoms with van der Waals surface area (Å²) in [6.07, 6.45) is 0. The minimum absolute atomic E-state index is 0.102. The Kier molecular flexibility index (Phi) is 8.58. The van der Waals surface area contributed by atoms with E-state index in [1.807, 2.05) is 13.8 Å². The predicted octanol–water partition coefficient (Wildman–Crippen LogP) is -0.350. The highest BCUT2D eigenvalue weighted by atomic mass is 32.2. The number of anilines is 2. The Morgan fingerprint density at radius 1 is 1.00 bits per heavy atom. The van der Waals surface area contributed by atoms with E-state index in [2.05, 4.69) is 40.3 Å². The molecule has 0 fully saturated rings. The summed E-state index contributed by atoms with van der Waals surface area (Å²) in [5, 5.41) is 14.6. The van der Waals surface area contributed by atoms with Crippen LogP contribution in [-0.4, -0.2) is 93.5 Å². The van der Waals surface area contributed by atoms with Crippen LogP contribution in [0.15, 0.2) is 5.16 Å². The number of fused-ring (bicyclic) bond motifs is 1. The number of amides is 1. The minimum Gasteiger partial charge on any atom is -0.468 e. The number of hydrogen-bond donors (Lipinski definition) is 2. The number of methoxy groups -OCH3 is 2. The molecule has 0 unspecified atom stereocenters. The molecule has 14 heteroatoms. The fourth-order valence-corrected chi connectivity index (χ4v) is 3.12. The van der Waals surface area contributed by atoms with Crippen molar-refractivity contribution < 1.29 is 23.9 Å². The third-order valence-electron chi connectivity index (χ3n) is 3.69. The van der Waals surface area contributed by atoms with Crippen LogP contribution in [0.2, 0.25) is 0 Å². The molecule has 0 aliphatic heterocycles. The van der Waals surface area contributed by atoms with Crippen molar-refractivity contribution in [1.82, 2.24) is 29.5 Å². The maximum Gasteiger partial charge on any atom is 0.325 e. The van der Waals surface area contributed by atoms with Crippen LogP contribution in [0.4, 0.5) is 11.9 Å². The standard InChI is InChI=1S/C16H24N8O5S/c1-5-17-13-19-14(18-6-2)24-15(20-13)21-22-16(24)30-9-10(25)23(7-11(26)28-3)8-12(27)29-4/h5-9H2,1-4H3,(H2,17,18,19,20,21). The van der Waals surface area contributed by atoms with Gasteiger partial charge in [-0.1, -0.05) is 11.8 Å². The van der Waals surface area contributed by atoms with Crippen molar-refractivity contribution in [1.29, 1.82) is 0 Å². The second kappa shape index (κ2) is 11.1. The van der Waals surface area contributed by atoms with Gasteiger partial charge < -0.3 is 25.0 Å². The second-order valence-corrected chi connectivity index (χ2v) is 6.68. The van der Waals surface area contributed by atoms with Crippen molar-refractivity contribution in [2.75, 3.05) is 56.8 Å². The number of carbonyl (C=O) groups is 3. The Morgan fingerprint density at radius 3 is 2.20 bits per heavy atom. The summed E-state index contributed by atoms with van der Waals surface area (Å²) in [5.41, 5.74) is 0. The van der Waals surface area contributed by atoms with E-state index in [0.29, 0.717) is 35.9 Å². The van der Waals surface area contributed by atoms with Crippen molar-refractivity contribution in [2.24, 2.45) is 0 Å². The van der Waals surface area contributed by atoms with E-state index >= 15 is 0 Å². The molecule has 30 heavy (non-hydrogen) atoms. The van der Waals surface area contributed by atoms with Crippen LogP contribution >= 0.6 is 11.8 Å². The van der Waals surface area contributed by atoms with Crippen molar-refractivity contribution in [3.8, 4) is 0 Å². The lowest BCUT2D eigenvalue weighted by molar-refractivity contribution is -0.151. The van der Waals surface area contributed by atoms with Gasteiger partial charge in [0.2, 0.25) is 17.8 Å². The van der Waals surface area contributed by atoms with Crippen molar-refractivity contribution in [3.63, 3.8) is 0 Å². The molecule has 2 aromatic heterocycles. The molecule has 2 N–H and O–H groups in total. The highest BCUT2D eigenvalue weighted by molar-refractivity contribution is 7.99. The number of carbonyl (C=O) groups excluding carboxylic acids is 3. The molecule has 0 aliphatic carbocycles. The number of nitrogens with zero attached hydrogens (tertiary/aromatic N) is 6. The molecule has 0 aromatic carbocycles. The monoisotopic (exact) mass is 440 g/mol. The molecule has 2 heterocycles. The van der Waals surface area contributed by atoms with Crippen LogP contribution in [0.1, 0.15) is 13.8 Å². The Balaban J connectivity index is 2.20. The van der Waals surface area contributed by atoms with E-state index in [9.17, 15) is 14.4 Å². The predicted molar refractivity (Wildman–Crippen MR) is 108 cm³/mol. The molecule has 0 spiro atoms. The third-order valence-corrected chi connectivity index (χ3v) is 4.60. The van der Waals surface area contributed by atoms with Crippen molar-refractivity contribution in [2.45, 2.75) is 19.0 Å². The van der Waals surface area contributed by atoms with Crippen LogP contribution in [0.3, 0.4) is 0 Å². The topological polar surface area (TPSA) is 153 Å². The van der Waals surface area contributed by atoms with Gasteiger partial charge in [0.1, 0.15) is 13.1 Å². The zero-order valence-electron chi connectivity index (χ0n) is 17.2. The van der Waals surface area contributed by atoms with Crippen molar-refractivity contribution >= 4 is 47.3 Å². The second-order valence-electron chi connectivity index (χ2n) is 5.74. The first kappa shape index (κ1) is 23.1. The van der Waals surface area contributed by atoms with E-state index < -0.39 is 17.8 Å². The first-order chi connectivity index (χ1) is 14.4. The molecule has 0 saturated carbocycles. The average Bonchev–Trinajstić information content (AvgIpc) is 3.14. The van der Waals surface area contributed by atoms with Crippen molar-refractivity contribution in [3.05, 3.63) is 0 Å². The number of nitrogens with one attached hydrogen (secondary N) is 2. The third kappa shape index (κ3) is 5.92. The quantitative estimate of drug-likeness (QED) is 0.347. The van der Waals surface area contributed by atoms with E-state index in [0.717, 1.165) is 16.7 Å². The van der Waals surface area contributed by atoms with Crippen LogP contribution < -0.4 is 10.6 Å². The van der Waals surface area contributed by atoms with E-state index in [-0.39, 0.29) is 18.8 Å². The first-order valence-electron chi connectivity index (χ1n) is 9.08. The summed E-state index contributed by atoms with van der Waals surface area (Å²) < 4.78 is 10.7. The molecular formula is C16H24N8O5S. The number of aromatic nitrogens is 5. The van der Waals surface area contributed by atoms with Gasteiger partial charge in [0.05, 0.1) is 20.0 Å². The summed E-state index contributed by atoms with van der Waals surface area (Å²) in [6.45, 7) is 4.34. The maximum atomic E-state index is 12.6. The molecule has 164 valence electrons. The molecule has 0 radical (unpaired) electrons. The molecule has 2 aromatic rings. The van der Waals surface area contributed by atoms with Gasteiger partial charge in [-0.3, -0.25) is 14.4 Å². The number of esters is 2. The summed E-state index contributed by atoms with van der Waals surface area (Å²) in [6, 6.07) is 0. The van der Waals surface area contributed by atoms with E-state index in [1.165, 1.54) is 14.2 Å². The summed E-state index contributed by atoms with van der Waals surface area (Å²) >= 11 is 1.08. The fraction of sp³-hybridized carbons (Fsp3) is 0.562. The summed E-state index contributed by atoms with van der Waals surface area (Å²) in [4.78, 5) is 45.5. The normalized spacial score (nSPS) is 10.5. The number of ether oxygens (including phenoxy) is 2. The zero-order chi connectivity index (χ0) is 22.1. The molecule has 2 rings (SSSR count). The molecule has 0 bridgehead atoms. The Hall–Kier alpha value is -3.16. The lowest BCUT2D eigenvalue weighted by atomic mass is 10.4. The van der Waals surface area contributed by atoms with Gasteiger partial charge in [-0.05, 0) is 13.8 Å². The fourth-order valence-electron chi connectivity index (χ4n) is 2.29. The smallest absolute Gasteiger partial charge is 0.325 e. The molecule has 0 saturated heterocycles. The van der Waals surface area contributed by atoms with Gasteiger partial charge in [-0.15, -0.1) is 10.2 Å². The minimum atomic E-state index is -0.649. The molecule has 1 amide bonds. The van der Waals surface area contributed by atoms with Crippen LogP contribution in [0.5, 0.6) is 0 Å². The highest BCUT2D eigenvalue weighted by Crippen LogP contribution is 2.21. The molecule has 13 nitrogen and oxygen atoms in total. The van der Waals surface area contributed by atoms with E-state index in [4.69, 9.17) is 0 Å². The SMILES string of the molecule is CCNc1nc(NCC)n2c(SCC(=O)N(CC(=O)OC)CC(=O)OC)nnc2n1. The first-order valence-corrected chi connectivity index (χ1v) is 10.1. The van der Waals surface area contributed by atoms with Gasteiger partial charge in [-0.25, -0.2) is 4.40 Å². The van der Waals surface area contributed by atoms with Gasteiger partial charge >= 0.3 is 11.9 Å². The zero-order valence-corrected chi connectivity index (χ0v) is 18.0. The number of thioether (sulfide) groups is 1. The largest absolute Gasteiger partial charge is 0.468 e. The maximum absolute atomic E-state index is 12.6. The van der Waals surface area contributed by atoms with Crippen LogP contribution in [-0.2, 0) is 23.9 Å². The Morgan fingerprint density at radius 2 is 1.63 bits per heavy atom. The van der Waals surface area contributed by atoms with E-state index in [1.54, 1.807) is 4.40 Å².